The third-order valence-corrected chi connectivity index (χ3v) is 3.39. The first-order valence-corrected chi connectivity index (χ1v) is 7.22. The Bertz CT molecular complexity index is 765. The van der Waals surface area contributed by atoms with Crippen LogP contribution in [-0.4, -0.2) is 32.2 Å². The van der Waals surface area contributed by atoms with Crippen LogP contribution in [-0.2, 0) is 6.42 Å². The quantitative estimate of drug-likeness (QED) is 0.756. The van der Waals surface area contributed by atoms with Gasteiger partial charge < -0.3 is 10.4 Å². The average Bonchev–Trinajstić information content (AvgIpc) is 3.11. The van der Waals surface area contributed by atoms with E-state index in [0.29, 0.717) is 23.5 Å². The van der Waals surface area contributed by atoms with Crippen molar-refractivity contribution < 1.29 is 9.90 Å². The van der Waals surface area contributed by atoms with Gasteiger partial charge in [0.05, 0.1) is 5.56 Å². The lowest BCUT2D eigenvalue weighted by Crippen LogP contribution is -2.12. The van der Waals surface area contributed by atoms with Crippen LogP contribution in [0.3, 0.4) is 0 Å². The molecule has 6 nitrogen and oxygen atoms in total. The minimum absolute atomic E-state index is 0.112. The van der Waals surface area contributed by atoms with Crippen LogP contribution >= 0.6 is 0 Å². The number of aliphatic hydroxyl groups excluding tert-OH is 1. The minimum Gasteiger partial charge on any atom is -0.396 e. The molecule has 0 saturated carbocycles. The zero-order valence-electron chi connectivity index (χ0n) is 12.4. The maximum atomic E-state index is 12.2. The van der Waals surface area contributed by atoms with E-state index in [1.807, 2.05) is 24.3 Å². The van der Waals surface area contributed by atoms with E-state index < -0.39 is 0 Å². The lowest BCUT2D eigenvalue weighted by molar-refractivity contribution is 0.102. The first-order chi connectivity index (χ1) is 11.3. The van der Waals surface area contributed by atoms with Crippen LogP contribution in [0.2, 0.25) is 0 Å². The normalized spacial score (nSPS) is 10.5. The number of carbonyl (C=O) groups excluding carboxylic acids is 1. The fraction of sp³-hybridized carbons (Fsp3) is 0.118. The van der Waals surface area contributed by atoms with Crippen LogP contribution in [0.15, 0.2) is 61.3 Å². The molecule has 0 unspecified atom stereocenters. The second-order valence-corrected chi connectivity index (χ2v) is 5.00. The molecule has 0 aliphatic rings. The molecule has 2 N–H and O–H groups in total. The van der Waals surface area contributed by atoms with Gasteiger partial charge in [0.15, 0.2) is 0 Å². The van der Waals surface area contributed by atoms with Crippen LogP contribution < -0.4 is 5.32 Å². The molecule has 0 spiro atoms. The fourth-order valence-electron chi connectivity index (χ4n) is 2.15. The van der Waals surface area contributed by atoms with Gasteiger partial charge in [0.2, 0.25) is 0 Å². The number of hydrogen-bond acceptors (Lipinski definition) is 4. The highest BCUT2D eigenvalue weighted by Crippen LogP contribution is 2.12. The number of aliphatic hydroxyl groups is 1. The van der Waals surface area contributed by atoms with Gasteiger partial charge in [-0.15, -0.1) is 0 Å². The van der Waals surface area contributed by atoms with Gasteiger partial charge in [0.25, 0.3) is 5.91 Å². The third kappa shape index (κ3) is 3.61. The second-order valence-electron chi connectivity index (χ2n) is 5.00. The number of nitrogens with one attached hydrogen (secondary N) is 1. The lowest BCUT2D eigenvalue weighted by atomic mass is 10.1. The van der Waals surface area contributed by atoms with Crippen molar-refractivity contribution in [1.29, 1.82) is 0 Å². The molecular weight excluding hydrogens is 292 g/mol. The standard InChI is InChI=1S/C17H16N4O2/c22-10-7-13-1-4-15(5-2-13)20-17(23)14-3-6-16(19-11-14)21-9-8-18-12-21/h1-6,8-9,11-12,22H,7,10H2,(H,20,23). The smallest absolute Gasteiger partial charge is 0.257 e. The summed E-state index contributed by atoms with van der Waals surface area (Å²) in [6.07, 6.45) is 7.24. The Kier molecular flexibility index (Phi) is 4.44. The Balaban J connectivity index is 1.68. The molecule has 3 rings (SSSR count). The monoisotopic (exact) mass is 308 g/mol. The van der Waals surface area contributed by atoms with E-state index in [-0.39, 0.29) is 12.5 Å². The molecule has 2 heterocycles. The molecule has 0 fully saturated rings. The number of pyridine rings is 1. The van der Waals surface area contributed by atoms with Crippen molar-refractivity contribution in [3.63, 3.8) is 0 Å². The van der Waals surface area contributed by atoms with Crippen LogP contribution in [0.1, 0.15) is 15.9 Å². The fourth-order valence-corrected chi connectivity index (χ4v) is 2.15. The molecule has 0 aliphatic heterocycles. The van der Waals surface area contributed by atoms with Crippen LogP contribution in [0.25, 0.3) is 5.82 Å². The molecule has 3 aromatic rings. The number of imidazole rings is 1. The molecule has 1 aromatic carbocycles. The summed E-state index contributed by atoms with van der Waals surface area (Å²) in [5.74, 6) is 0.483. The molecule has 0 bridgehead atoms. The average molecular weight is 308 g/mol. The SMILES string of the molecule is O=C(Nc1ccc(CCO)cc1)c1ccc(-n2ccnc2)nc1. The number of aromatic nitrogens is 3. The number of rotatable bonds is 5. The highest BCUT2D eigenvalue weighted by Gasteiger charge is 2.07. The summed E-state index contributed by atoms with van der Waals surface area (Å²) in [7, 11) is 0. The van der Waals surface area contributed by atoms with Crippen LogP contribution in [0.4, 0.5) is 5.69 Å². The topological polar surface area (TPSA) is 80.0 Å². The molecule has 6 heteroatoms. The maximum absolute atomic E-state index is 12.2. The van der Waals surface area contributed by atoms with Gasteiger partial charge >= 0.3 is 0 Å². The highest BCUT2D eigenvalue weighted by atomic mass is 16.3. The van der Waals surface area contributed by atoms with Crippen molar-refractivity contribution in [1.82, 2.24) is 14.5 Å². The van der Waals surface area contributed by atoms with Gasteiger partial charge in [0.1, 0.15) is 12.1 Å². The molecule has 1 amide bonds. The summed E-state index contributed by atoms with van der Waals surface area (Å²) >= 11 is 0. The first-order valence-electron chi connectivity index (χ1n) is 7.22. The number of amides is 1. The van der Waals surface area contributed by atoms with Gasteiger partial charge in [-0.2, -0.15) is 0 Å². The molecule has 116 valence electrons. The summed E-state index contributed by atoms with van der Waals surface area (Å²) < 4.78 is 1.77. The Morgan fingerprint density at radius 1 is 1.17 bits per heavy atom. The van der Waals surface area contributed by atoms with E-state index in [2.05, 4.69) is 15.3 Å². The zero-order chi connectivity index (χ0) is 16.1. The zero-order valence-corrected chi connectivity index (χ0v) is 12.4. The van der Waals surface area contributed by atoms with Crippen molar-refractivity contribution in [3.05, 3.63) is 72.4 Å². The summed E-state index contributed by atoms with van der Waals surface area (Å²) in [5, 5.41) is 11.7. The molecular formula is C17H16N4O2. The molecule has 0 aliphatic carbocycles. The van der Waals surface area contributed by atoms with E-state index in [1.54, 1.807) is 35.4 Å². The predicted octanol–water partition coefficient (Wildman–Crippen LogP) is 2.05. The molecule has 0 radical (unpaired) electrons. The van der Waals surface area contributed by atoms with E-state index in [0.717, 1.165) is 5.56 Å². The Hall–Kier alpha value is -2.99. The van der Waals surface area contributed by atoms with Crippen LogP contribution in [0, 0.1) is 0 Å². The van der Waals surface area contributed by atoms with Gasteiger partial charge in [-0.3, -0.25) is 9.36 Å². The molecule has 0 saturated heterocycles. The van der Waals surface area contributed by atoms with E-state index >= 15 is 0 Å². The maximum Gasteiger partial charge on any atom is 0.257 e. The number of carbonyl (C=O) groups is 1. The molecule has 2 aromatic heterocycles. The third-order valence-electron chi connectivity index (χ3n) is 3.39. The van der Waals surface area contributed by atoms with Crippen molar-refractivity contribution >= 4 is 11.6 Å². The predicted molar refractivity (Wildman–Crippen MR) is 86.5 cm³/mol. The van der Waals surface area contributed by atoms with E-state index in [1.165, 1.54) is 6.20 Å². The summed E-state index contributed by atoms with van der Waals surface area (Å²) in [6, 6.07) is 10.9. The largest absolute Gasteiger partial charge is 0.396 e. The van der Waals surface area contributed by atoms with E-state index in [9.17, 15) is 4.79 Å². The first kappa shape index (κ1) is 14.9. The number of benzene rings is 1. The highest BCUT2D eigenvalue weighted by molar-refractivity contribution is 6.04. The Morgan fingerprint density at radius 3 is 2.61 bits per heavy atom. The molecule has 0 atom stereocenters. The van der Waals surface area contributed by atoms with Crippen molar-refractivity contribution in [2.24, 2.45) is 0 Å². The van der Waals surface area contributed by atoms with Crippen LogP contribution in [0.5, 0.6) is 0 Å². The Morgan fingerprint density at radius 2 is 2.00 bits per heavy atom. The summed E-state index contributed by atoms with van der Waals surface area (Å²) in [6.45, 7) is 0.112. The van der Waals surface area contributed by atoms with Crippen molar-refractivity contribution in [2.45, 2.75) is 6.42 Å². The number of anilines is 1. The second kappa shape index (κ2) is 6.85. The van der Waals surface area contributed by atoms with E-state index in [4.69, 9.17) is 5.11 Å². The van der Waals surface area contributed by atoms with Gasteiger partial charge in [-0.05, 0) is 36.2 Å². The van der Waals surface area contributed by atoms with Gasteiger partial charge in [0, 0.05) is 30.9 Å². The van der Waals surface area contributed by atoms with Gasteiger partial charge in [-0.25, -0.2) is 9.97 Å². The van der Waals surface area contributed by atoms with Crippen molar-refractivity contribution in [2.75, 3.05) is 11.9 Å². The van der Waals surface area contributed by atoms with Gasteiger partial charge in [-0.1, -0.05) is 12.1 Å². The minimum atomic E-state index is -0.218. The summed E-state index contributed by atoms with van der Waals surface area (Å²) in [4.78, 5) is 20.4. The number of nitrogens with zero attached hydrogens (tertiary/aromatic N) is 3. The molecule has 23 heavy (non-hydrogen) atoms. The number of hydrogen-bond donors (Lipinski definition) is 2. The summed E-state index contributed by atoms with van der Waals surface area (Å²) in [5.41, 5.74) is 2.21. The lowest BCUT2D eigenvalue weighted by Gasteiger charge is -2.07. The van der Waals surface area contributed by atoms with Crippen molar-refractivity contribution in [3.8, 4) is 5.82 Å². The Labute approximate surface area is 133 Å².